The third-order valence-electron chi connectivity index (χ3n) is 8.37. The van der Waals surface area contributed by atoms with Crippen LogP contribution in [-0.4, -0.2) is 7.11 Å². The molecule has 0 aromatic heterocycles. The van der Waals surface area contributed by atoms with E-state index in [1.807, 2.05) is 0 Å². The predicted octanol–water partition coefficient (Wildman–Crippen LogP) is 7.21. The fourth-order valence-corrected chi connectivity index (χ4v) is 6.62. The number of methoxy groups -OCH3 is 1. The standard InChI is InChI=1S/C25H38O/c1-3-18-4-5-24-17-23(11-10-22(24)16-18)21-8-6-19(7-9-21)20-12-14-25(26-2)15-13-20/h12-15,18-19,21-24H,3-11,16-17H2,1-2H3. The van der Waals surface area contributed by atoms with E-state index in [9.17, 15) is 0 Å². The minimum atomic E-state index is 0.786. The Balaban J connectivity index is 1.28. The second kappa shape index (κ2) is 8.36. The normalized spacial score (nSPS) is 37.8. The van der Waals surface area contributed by atoms with E-state index in [2.05, 4.69) is 31.2 Å². The molecule has 0 spiro atoms. The molecule has 0 N–H and O–H groups in total. The van der Waals surface area contributed by atoms with Crippen LogP contribution in [0, 0.1) is 29.6 Å². The summed E-state index contributed by atoms with van der Waals surface area (Å²) in [5.74, 6) is 7.05. The number of hydrogen-bond acceptors (Lipinski definition) is 1. The molecule has 0 radical (unpaired) electrons. The molecule has 0 saturated heterocycles. The highest BCUT2D eigenvalue weighted by Gasteiger charge is 2.38. The van der Waals surface area contributed by atoms with Gasteiger partial charge in [0, 0.05) is 0 Å². The Bertz CT molecular complexity index is 554. The molecule has 0 heterocycles. The second-order valence-corrected chi connectivity index (χ2v) is 9.57. The van der Waals surface area contributed by atoms with Crippen LogP contribution < -0.4 is 4.74 Å². The highest BCUT2D eigenvalue weighted by Crippen LogP contribution is 2.50. The lowest BCUT2D eigenvalue weighted by Gasteiger charge is -2.45. The molecule has 3 fully saturated rings. The maximum absolute atomic E-state index is 5.31. The van der Waals surface area contributed by atoms with Crippen molar-refractivity contribution in [1.82, 2.24) is 0 Å². The molecule has 3 aliphatic rings. The fourth-order valence-electron chi connectivity index (χ4n) is 6.62. The third-order valence-corrected chi connectivity index (χ3v) is 8.37. The second-order valence-electron chi connectivity index (χ2n) is 9.57. The lowest BCUT2D eigenvalue weighted by atomic mass is 9.60. The van der Waals surface area contributed by atoms with Crippen molar-refractivity contribution >= 4 is 0 Å². The minimum absolute atomic E-state index is 0.786. The molecule has 1 aromatic rings. The van der Waals surface area contributed by atoms with Crippen LogP contribution in [-0.2, 0) is 0 Å². The van der Waals surface area contributed by atoms with Crippen LogP contribution in [0.4, 0.5) is 0 Å². The zero-order valence-electron chi connectivity index (χ0n) is 17.0. The highest BCUT2D eigenvalue weighted by atomic mass is 16.5. The van der Waals surface area contributed by atoms with E-state index >= 15 is 0 Å². The summed E-state index contributed by atoms with van der Waals surface area (Å²) in [5.41, 5.74) is 1.53. The summed E-state index contributed by atoms with van der Waals surface area (Å²) < 4.78 is 5.31. The van der Waals surface area contributed by atoms with Gasteiger partial charge < -0.3 is 4.74 Å². The molecule has 0 amide bonds. The van der Waals surface area contributed by atoms with Gasteiger partial charge in [-0.25, -0.2) is 0 Å². The number of fused-ring (bicyclic) bond motifs is 1. The molecule has 1 aromatic carbocycles. The topological polar surface area (TPSA) is 9.23 Å². The molecule has 1 heteroatoms. The van der Waals surface area contributed by atoms with Crippen molar-refractivity contribution in [2.75, 3.05) is 7.11 Å². The molecule has 3 saturated carbocycles. The van der Waals surface area contributed by atoms with Crippen molar-refractivity contribution in [2.24, 2.45) is 29.6 Å². The first-order valence-electron chi connectivity index (χ1n) is 11.4. The van der Waals surface area contributed by atoms with E-state index in [0.29, 0.717) is 0 Å². The van der Waals surface area contributed by atoms with Crippen molar-refractivity contribution < 1.29 is 4.74 Å². The molecule has 0 bridgehead atoms. The zero-order valence-corrected chi connectivity index (χ0v) is 17.0. The van der Waals surface area contributed by atoms with Crippen molar-refractivity contribution in [3.05, 3.63) is 29.8 Å². The van der Waals surface area contributed by atoms with Crippen molar-refractivity contribution in [3.63, 3.8) is 0 Å². The maximum atomic E-state index is 5.31. The van der Waals surface area contributed by atoms with Crippen LogP contribution in [0.2, 0.25) is 0 Å². The Morgan fingerprint density at radius 2 is 1.31 bits per heavy atom. The molecule has 4 atom stereocenters. The molecule has 0 aliphatic heterocycles. The van der Waals surface area contributed by atoms with E-state index < -0.39 is 0 Å². The molecular weight excluding hydrogens is 316 g/mol. The quantitative estimate of drug-likeness (QED) is 0.555. The largest absolute Gasteiger partial charge is 0.497 e. The molecule has 26 heavy (non-hydrogen) atoms. The van der Waals surface area contributed by atoms with Crippen LogP contribution in [0.25, 0.3) is 0 Å². The Morgan fingerprint density at radius 1 is 0.731 bits per heavy atom. The Kier molecular flexibility index (Phi) is 5.91. The van der Waals surface area contributed by atoms with Gasteiger partial charge in [0.25, 0.3) is 0 Å². The van der Waals surface area contributed by atoms with Crippen molar-refractivity contribution in [3.8, 4) is 5.75 Å². The van der Waals surface area contributed by atoms with Crippen LogP contribution in [0.1, 0.15) is 89.0 Å². The fraction of sp³-hybridized carbons (Fsp3) is 0.760. The summed E-state index contributed by atoms with van der Waals surface area (Å²) >= 11 is 0. The van der Waals surface area contributed by atoms with E-state index in [1.54, 1.807) is 32.8 Å². The first-order valence-corrected chi connectivity index (χ1v) is 11.4. The van der Waals surface area contributed by atoms with Gasteiger partial charge in [-0.1, -0.05) is 31.9 Å². The van der Waals surface area contributed by atoms with E-state index in [4.69, 9.17) is 4.74 Å². The van der Waals surface area contributed by atoms with Gasteiger partial charge in [-0.05, 0) is 111 Å². The predicted molar refractivity (Wildman–Crippen MR) is 110 cm³/mol. The van der Waals surface area contributed by atoms with Gasteiger partial charge in [-0.15, -0.1) is 0 Å². The van der Waals surface area contributed by atoms with Gasteiger partial charge in [0.2, 0.25) is 0 Å². The van der Waals surface area contributed by atoms with E-state index in [-0.39, 0.29) is 0 Å². The first-order chi connectivity index (χ1) is 12.8. The average molecular weight is 355 g/mol. The minimum Gasteiger partial charge on any atom is -0.497 e. The zero-order chi connectivity index (χ0) is 17.9. The molecule has 1 nitrogen and oxygen atoms in total. The highest BCUT2D eigenvalue weighted by molar-refractivity contribution is 5.29. The molecular formula is C25H38O. The van der Waals surface area contributed by atoms with Gasteiger partial charge in [0.05, 0.1) is 7.11 Å². The molecule has 4 unspecified atom stereocenters. The lowest BCUT2D eigenvalue weighted by Crippen LogP contribution is -2.34. The summed E-state index contributed by atoms with van der Waals surface area (Å²) in [5, 5.41) is 0. The maximum Gasteiger partial charge on any atom is 0.118 e. The SMILES string of the molecule is CCC1CCC2CC(C3CCC(c4ccc(OC)cc4)CC3)CCC2C1. The molecule has 144 valence electrons. The number of benzene rings is 1. The van der Waals surface area contributed by atoms with Gasteiger partial charge in [-0.3, -0.25) is 0 Å². The Labute approximate surface area is 160 Å². The summed E-state index contributed by atoms with van der Waals surface area (Å²) in [4.78, 5) is 0. The van der Waals surface area contributed by atoms with Gasteiger partial charge in [0.15, 0.2) is 0 Å². The van der Waals surface area contributed by atoms with E-state index in [0.717, 1.165) is 41.3 Å². The van der Waals surface area contributed by atoms with Gasteiger partial charge in [-0.2, -0.15) is 0 Å². The monoisotopic (exact) mass is 354 g/mol. The van der Waals surface area contributed by atoms with Crippen molar-refractivity contribution in [2.45, 2.75) is 83.5 Å². The summed E-state index contributed by atoms with van der Waals surface area (Å²) in [6, 6.07) is 8.85. The van der Waals surface area contributed by atoms with Gasteiger partial charge >= 0.3 is 0 Å². The van der Waals surface area contributed by atoms with Crippen LogP contribution in [0.5, 0.6) is 5.75 Å². The van der Waals surface area contributed by atoms with Crippen LogP contribution >= 0.6 is 0 Å². The number of rotatable bonds is 4. The summed E-state index contributed by atoms with van der Waals surface area (Å²) in [7, 11) is 1.75. The number of ether oxygens (including phenoxy) is 1. The van der Waals surface area contributed by atoms with Crippen LogP contribution in [0.3, 0.4) is 0 Å². The molecule has 3 aliphatic carbocycles. The van der Waals surface area contributed by atoms with Crippen LogP contribution in [0.15, 0.2) is 24.3 Å². The Hall–Kier alpha value is -0.980. The lowest BCUT2D eigenvalue weighted by molar-refractivity contribution is 0.0629. The smallest absolute Gasteiger partial charge is 0.118 e. The summed E-state index contributed by atoms with van der Waals surface area (Å²) in [6.07, 6.45) is 16.4. The van der Waals surface area contributed by atoms with Crippen molar-refractivity contribution in [1.29, 1.82) is 0 Å². The summed E-state index contributed by atoms with van der Waals surface area (Å²) in [6.45, 7) is 2.40. The first kappa shape index (κ1) is 18.4. The Morgan fingerprint density at radius 3 is 1.96 bits per heavy atom. The molecule has 4 rings (SSSR count). The van der Waals surface area contributed by atoms with E-state index in [1.165, 1.54) is 50.5 Å². The number of hydrogen-bond donors (Lipinski definition) is 0. The third kappa shape index (κ3) is 3.97. The van der Waals surface area contributed by atoms with Gasteiger partial charge in [0.1, 0.15) is 5.75 Å². The average Bonchev–Trinajstić information content (AvgIpc) is 2.73.